The third-order valence-electron chi connectivity index (χ3n) is 3.58. The topological polar surface area (TPSA) is 4.93 Å². The Labute approximate surface area is 114 Å². The van der Waals surface area contributed by atoms with Crippen molar-refractivity contribution < 1.29 is 0 Å². The monoisotopic (exact) mass is 249 g/mol. The Morgan fingerprint density at radius 2 is 1.79 bits per heavy atom. The molecule has 1 heterocycles. The highest BCUT2D eigenvalue weighted by Gasteiger charge is 2.10. The highest BCUT2D eigenvalue weighted by molar-refractivity contribution is 6.08. The van der Waals surface area contributed by atoms with Crippen molar-refractivity contribution in [2.75, 3.05) is 0 Å². The summed E-state index contributed by atoms with van der Waals surface area (Å²) < 4.78 is 2.43. The lowest BCUT2D eigenvalue weighted by Gasteiger charge is -2.10. The number of hydrogen-bond donors (Lipinski definition) is 0. The van der Waals surface area contributed by atoms with E-state index < -0.39 is 0 Å². The minimum absolute atomic E-state index is 0.637. The lowest BCUT2D eigenvalue weighted by Crippen LogP contribution is -2.03. The number of nitrogens with zero attached hydrogens (tertiary/aromatic N) is 1. The molecular formula is C18H19N. The van der Waals surface area contributed by atoms with Gasteiger partial charge in [0.15, 0.2) is 0 Å². The van der Waals surface area contributed by atoms with E-state index in [1.54, 1.807) is 0 Å². The van der Waals surface area contributed by atoms with Crippen molar-refractivity contribution in [1.82, 2.24) is 4.57 Å². The molecule has 0 unspecified atom stereocenters. The maximum atomic E-state index is 3.87. The van der Waals surface area contributed by atoms with E-state index >= 15 is 0 Å². The summed E-state index contributed by atoms with van der Waals surface area (Å²) in [6.07, 6.45) is 1.91. The third kappa shape index (κ3) is 1.95. The maximum Gasteiger partial charge on any atom is 0.0491 e. The zero-order valence-corrected chi connectivity index (χ0v) is 11.6. The van der Waals surface area contributed by atoms with E-state index in [9.17, 15) is 0 Å². The van der Waals surface area contributed by atoms with Gasteiger partial charge in [-0.15, -0.1) is 0 Å². The fourth-order valence-corrected chi connectivity index (χ4v) is 2.76. The summed E-state index contributed by atoms with van der Waals surface area (Å²) in [5.41, 5.74) is 3.83. The number of fused-ring (bicyclic) bond motifs is 3. The Kier molecular flexibility index (Phi) is 2.90. The molecule has 0 N–H and O–H groups in total. The van der Waals surface area contributed by atoms with Gasteiger partial charge in [0.05, 0.1) is 0 Å². The van der Waals surface area contributed by atoms with E-state index in [2.05, 4.69) is 67.5 Å². The van der Waals surface area contributed by atoms with E-state index in [-0.39, 0.29) is 0 Å². The summed E-state index contributed by atoms with van der Waals surface area (Å²) in [5.74, 6) is 0.637. The van der Waals surface area contributed by atoms with Crippen LogP contribution in [0, 0.1) is 5.92 Å². The molecule has 0 aliphatic heterocycles. The fourth-order valence-electron chi connectivity index (χ4n) is 2.76. The van der Waals surface area contributed by atoms with Gasteiger partial charge in [0.2, 0.25) is 0 Å². The Morgan fingerprint density at radius 3 is 2.53 bits per heavy atom. The molecule has 3 rings (SSSR count). The predicted molar refractivity (Wildman–Crippen MR) is 84.4 cm³/mol. The van der Waals surface area contributed by atoms with Crippen LogP contribution in [-0.2, 0) is 6.54 Å². The quantitative estimate of drug-likeness (QED) is 0.609. The molecule has 2 aromatic carbocycles. The van der Waals surface area contributed by atoms with Gasteiger partial charge in [-0.25, -0.2) is 0 Å². The molecule has 0 radical (unpaired) electrons. The van der Waals surface area contributed by atoms with Crippen LogP contribution in [0.4, 0.5) is 0 Å². The maximum absolute atomic E-state index is 3.87. The normalized spacial score (nSPS) is 11.5. The van der Waals surface area contributed by atoms with Crippen molar-refractivity contribution in [3.8, 4) is 0 Å². The molecular weight excluding hydrogens is 230 g/mol. The molecule has 0 saturated carbocycles. The average Bonchev–Trinajstić information content (AvgIpc) is 2.73. The Hall–Kier alpha value is -2.02. The van der Waals surface area contributed by atoms with E-state index in [4.69, 9.17) is 0 Å². The fraction of sp³-hybridized carbons (Fsp3) is 0.222. The Bertz CT molecular complexity index is 747. The second-order valence-electron chi connectivity index (χ2n) is 5.50. The average molecular weight is 249 g/mol. The van der Waals surface area contributed by atoms with E-state index in [0.29, 0.717) is 5.92 Å². The first kappa shape index (κ1) is 12.0. The molecule has 19 heavy (non-hydrogen) atoms. The van der Waals surface area contributed by atoms with Crippen LogP contribution >= 0.6 is 0 Å². The van der Waals surface area contributed by atoms with Gasteiger partial charge in [-0.05, 0) is 29.7 Å². The van der Waals surface area contributed by atoms with Gasteiger partial charge in [0.25, 0.3) is 0 Å². The predicted octanol–water partition coefficient (Wildman–Crippen LogP) is 5.09. The van der Waals surface area contributed by atoms with E-state index in [1.807, 2.05) is 6.08 Å². The zero-order chi connectivity index (χ0) is 13.4. The Morgan fingerprint density at radius 1 is 1.05 bits per heavy atom. The summed E-state index contributed by atoms with van der Waals surface area (Å²) >= 11 is 0. The smallest absolute Gasteiger partial charge is 0.0491 e. The van der Waals surface area contributed by atoms with Crippen LogP contribution in [0.15, 0.2) is 49.0 Å². The minimum atomic E-state index is 0.637. The second kappa shape index (κ2) is 4.58. The van der Waals surface area contributed by atoms with Gasteiger partial charge >= 0.3 is 0 Å². The highest BCUT2D eigenvalue weighted by Crippen LogP contribution is 2.30. The second-order valence-corrected chi connectivity index (χ2v) is 5.50. The number of aromatic nitrogens is 1. The van der Waals surface area contributed by atoms with E-state index in [1.165, 1.54) is 27.4 Å². The molecule has 1 nitrogen and oxygen atoms in total. The first-order chi connectivity index (χ1) is 9.20. The molecule has 0 aliphatic carbocycles. The minimum Gasteiger partial charge on any atom is -0.340 e. The number of hydrogen-bond acceptors (Lipinski definition) is 0. The van der Waals surface area contributed by atoms with Crippen molar-refractivity contribution in [1.29, 1.82) is 0 Å². The first-order valence-corrected chi connectivity index (χ1v) is 6.84. The molecule has 0 fully saturated rings. The summed E-state index contributed by atoms with van der Waals surface area (Å²) in [6, 6.07) is 15.3. The molecule has 96 valence electrons. The van der Waals surface area contributed by atoms with Gasteiger partial charge in [-0.3, -0.25) is 0 Å². The largest absolute Gasteiger partial charge is 0.340 e. The lowest BCUT2D eigenvalue weighted by molar-refractivity contribution is 0.545. The SMILES string of the molecule is C=Cc1ccc2c(c1)c1ccccc1n2CC(C)C. The summed E-state index contributed by atoms with van der Waals surface area (Å²) in [7, 11) is 0. The van der Waals surface area contributed by atoms with Gasteiger partial charge in [-0.2, -0.15) is 0 Å². The van der Waals surface area contributed by atoms with Gasteiger partial charge in [0.1, 0.15) is 0 Å². The zero-order valence-electron chi connectivity index (χ0n) is 11.6. The molecule has 0 atom stereocenters. The van der Waals surface area contributed by atoms with Crippen molar-refractivity contribution in [3.63, 3.8) is 0 Å². The molecule has 0 bridgehead atoms. The van der Waals surface area contributed by atoms with E-state index in [0.717, 1.165) is 6.54 Å². The highest BCUT2D eigenvalue weighted by atomic mass is 15.0. The number of para-hydroxylation sites is 1. The molecule has 0 aliphatic rings. The molecule has 0 amide bonds. The number of rotatable bonds is 3. The van der Waals surface area contributed by atoms with Crippen molar-refractivity contribution in [2.45, 2.75) is 20.4 Å². The van der Waals surface area contributed by atoms with Crippen LogP contribution in [0.1, 0.15) is 19.4 Å². The summed E-state index contributed by atoms with van der Waals surface area (Å²) in [6.45, 7) is 9.44. The van der Waals surface area contributed by atoms with Crippen LogP contribution in [0.5, 0.6) is 0 Å². The van der Waals surface area contributed by atoms with Gasteiger partial charge in [-0.1, -0.05) is 50.8 Å². The van der Waals surface area contributed by atoms with Crippen LogP contribution in [0.3, 0.4) is 0 Å². The summed E-state index contributed by atoms with van der Waals surface area (Å²) in [4.78, 5) is 0. The first-order valence-electron chi connectivity index (χ1n) is 6.84. The van der Waals surface area contributed by atoms with Crippen LogP contribution < -0.4 is 0 Å². The van der Waals surface area contributed by atoms with Crippen molar-refractivity contribution in [3.05, 3.63) is 54.6 Å². The van der Waals surface area contributed by atoms with Gasteiger partial charge < -0.3 is 4.57 Å². The standard InChI is InChI=1S/C18H19N/c1-4-14-9-10-18-16(11-14)15-7-5-6-8-17(15)19(18)12-13(2)3/h4-11,13H,1,12H2,2-3H3. The molecule has 0 saturated heterocycles. The number of benzene rings is 2. The molecule has 1 heteroatoms. The molecule has 0 spiro atoms. The van der Waals surface area contributed by atoms with Crippen LogP contribution in [-0.4, -0.2) is 4.57 Å². The van der Waals surface area contributed by atoms with Crippen molar-refractivity contribution in [2.24, 2.45) is 5.92 Å². The lowest BCUT2D eigenvalue weighted by atomic mass is 10.1. The van der Waals surface area contributed by atoms with Crippen molar-refractivity contribution >= 4 is 27.9 Å². The summed E-state index contributed by atoms with van der Waals surface area (Å²) in [5, 5.41) is 2.66. The third-order valence-corrected chi connectivity index (χ3v) is 3.58. The van der Waals surface area contributed by atoms with Crippen LogP contribution in [0.25, 0.3) is 27.9 Å². The van der Waals surface area contributed by atoms with Crippen LogP contribution in [0.2, 0.25) is 0 Å². The van der Waals surface area contributed by atoms with Gasteiger partial charge in [0, 0.05) is 28.4 Å². The molecule has 1 aromatic heterocycles. The molecule has 3 aromatic rings. The Balaban J connectivity index is 2.40.